The summed E-state index contributed by atoms with van der Waals surface area (Å²) in [6, 6.07) is 19.7. The van der Waals surface area contributed by atoms with E-state index in [1.165, 1.54) is 4.90 Å². The molecule has 0 atom stereocenters. The van der Waals surface area contributed by atoms with E-state index in [9.17, 15) is 9.60 Å². The van der Waals surface area contributed by atoms with E-state index >= 15 is 0 Å². The lowest BCUT2D eigenvalue weighted by molar-refractivity contribution is 0.660. The summed E-state index contributed by atoms with van der Waals surface area (Å²) in [6.07, 6.45) is 0. The highest BCUT2D eigenvalue weighted by atomic mass is 15.1. The second-order valence-electron chi connectivity index (χ2n) is 14.0. The van der Waals surface area contributed by atoms with Crippen LogP contribution in [-0.2, 0) is 10.8 Å². The van der Waals surface area contributed by atoms with Crippen molar-refractivity contribution < 1.29 is 21.9 Å². The second kappa shape index (κ2) is 11.0. The molecule has 0 heterocycles. The van der Waals surface area contributed by atoms with E-state index in [0.717, 1.165) is 44.5 Å². The number of anilines is 3. The van der Waals surface area contributed by atoms with Crippen molar-refractivity contribution in [3.05, 3.63) is 221 Å². The number of hydrogen-bond donors (Lipinski definition) is 0. The molecule has 0 radical (unpaired) electrons. The Morgan fingerprint density at radius 2 is 0.925 bits per heavy atom. The number of nitrogens with zero attached hydrogens (tertiary/aromatic N) is 1. The molecule has 0 saturated heterocycles. The third-order valence-corrected chi connectivity index (χ3v) is 11.0. The zero-order valence-electron chi connectivity index (χ0n) is 44.6. The highest BCUT2D eigenvalue weighted by molar-refractivity contribution is 5.96. The normalized spacial score (nSPS) is 18.8. The Hall–Kier alpha value is -6.44. The van der Waals surface area contributed by atoms with Gasteiger partial charge < -0.3 is 4.90 Å². The van der Waals surface area contributed by atoms with Gasteiger partial charge in [-0.15, -0.1) is 0 Å². The van der Waals surface area contributed by atoms with Gasteiger partial charge in [-0.2, -0.15) is 0 Å². The van der Waals surface area contributed by atoms with Crippen molar-refractivity contribution in [3.63, 3.8) is 0 Å². The van der Waals surface area contributed by atoms with Crippen LogP contribution in [-0.4, -0.2) is 0 Å². The zero-order chi connectivity index (χ0) is 49.2. The van der Waals surface area contributed by atoms with E-state index < -0.39 is 118 Å². The Balaban J connectivity index is 1.27. The fraction of sp³-hybridized carbons (Fsp3) is 0.0769. The number of benzene rings is 8. The van der Waals surface area contributed by atoms with Crippen LogP contribution in [0, 0.1) is 0 Å². The lowest BCUT2D eigenvalue weighted by Gasteiger charge is -2.32. The van der Waals surface area contributed by atoms with E-state index in [1.54, 1.807) is 19.9 Å². The molecule has 0 fully saturated rings. The molecule has 1 heteroatoms. The van der Waals surface area contributed by atoms with Crippen LogP contribution < -0.4 is 4.90 Å². The van der Waals surface area contributed by atoms with Gasteiger partial charge in [0.05, 0.1) is 27.3 Å². The first-order chi connectivity index (χ1) is 32.7. The van der Waals surface area contributed by atoms with Crippen LogP contribution in [0.15, 0.2) is 188 Å². The molecule has 0 aromatic heterocycles. The van der Waals surface area contributed by atoms with Crippen LogP contribution in [0.3, 0.4) is 0 Å². The molecule has 0 N–H and O–H groups in total. The summed E-state index contributed by atoms with van der Waals surface area (Å²) in [5, 5.41) is 0. The predicted molar refractivity (Wildman–Crippen MR) is 220 cm³/mol. The zero-order valence-corrected chi connectivity index (χ0v) is 28.6. The molecule has 53 heavy (non-hydrogen) atoms. The highest BCUT2D eigenvalue weighted by Crippen LogP contribution is 2.63. The molecule has 0 amide bonds. The first kappa shape index (κ1) is 18.4. The summed E-state index contributed by atoms with van der Waals surface area (Å²) in [5.41, 5.74) is 3.76. The summed E-state index contributed by atoms with van der Waals surface area (Å²) >= 11 is 0. The molecule has 11 rings (SSSR count). The predicted octanol–water partition coefficient (Wildman–Crippen LogP) is 13.5. The van der Waals surface area contributed by atoms with Gasteiger partial charge in [-0.05, 0) is 114 Å². The Kier molecular flexibility index (Phi) is 3.82. The maximum atomic E-state index is 10.1. The van der Waals surface area contributed by atoms with Gasteiger partial charge in [0.25, 0.3) is 0 Å². The molecule has 3 aliphatic carbocycles. The fourth-order valence-electron chi connectivity index (χ4n) is 8.77. The van der Waals surface area contributed by atoms with Gasteiger partial charge in [-0.3, -0.25) is 0 Å². The summed E-state index contributed by atoms with van der Waals surface area (Å²) in [4.78, 5) is 1.26. The largest absolute Gasteiger partial charge is 0.310 e. The standard InChI is InChI=1S/C52H37N/c1-51(2)45-20-10-6-16-39(45)43-30-28-37(32-49(43)51)53(36-26-24-35(25-27-36)34-14-4-3-5-15-34)38-29-31-44-42-19-9-13-23-48(42)52(50(44)33-38)46-21-11-7-17-40(46)41-18-8-12-22-47(41)52/h3-33H,1-2H3/i3D,4D,5D,6D,10D,14D,15D,16D,20D,24D,25D,26D,27D,28D,30D,32D. The van der Waals surface area contributed by atoms with Crippen molar-refractivity contribution >= 4 is 17.1 Å². The lowest BCUT2D eigenvalue weighted by atomic mass is 9.70. The van der Waals surface area contributed by atoms with Crippen LogP contribution in [0.2, 0.25) is 0 Å². The summed E-state index contributed by atoms with van der Waals surface area (Å²) in [5.74, 6) is 0. The van der Waals surface area contributed by atoms with Crippen LogP contribution in [0.5, 0.6) is 0 Å². The Bertz CT molecular complexity index is 3570. The van der Waals surface area contributed by atoms with Crippen molar-refractivity contribution in [2.75, 3.05) is 4.90 Å². The third-order valence-electron chi connectivity index (χ3n) is 11.0. The quantitative estimate of drug-likeness (QED) is 0.178. The minimum Gasteiger partial charge on any atom is -0.310 e. The molecule has 250 valence electrons. The first-order valence-electron chi connectivity index (χ1n) is 25.4. The molecule has 1 spiro atoms. The average molecular weight is 692 g/mol. The Morgan fingerprint density at radius 1 is 0.396 bits per heavy atom. The Morgan fingerprint density at radius 3 is 1.58 bits per heavy atom. The van der Waals surface area contributed by atoms with Crippen molar-refractivity contribution in [1.82, 2.24) is 0 Å². The van der Waals surface area contributed by atoms with E-state index in [1.807, 2.05) is 54.6 Å². The summed E-state index contributed by atoms with van der Waals surface area (Å²) in [6.45, 7) is 3.34. The second-order valence-corrected chi connectivity index (χ2v) is 14.0. The van der Waals surface area contributed by atoms with Crippen LogP contribution in [0.1, 0.15) is 69.2 Å². The van der Waals surface area contributed by atoms with E-state index in [2.05, 4.69) is 30.3 Å². The van der Waals surface area contributed by atoms with Crippen LogP contribution >= 0.6 is 0 Å². The van der Waals surface area contributed by atoms with E-state index in [-0.39, 0.29) is 39.7 Å². The molecular formula is C52H37N. The molecule has 0 bridgehead atoms. The molecule has 0 aliphatic heterocycles. The lowest BCUT2D eigenvalue weighted by Crippen LogP contribution is -2.26. The van der Waals surface area contributed by atoms with Gasteiger partial charge in [0.1, 0.15) is 0 Å². The van der Waals surface area contributed by atoms with Crippen LogP contribution in [0.25, 0.3) is 44.5 Å². The van der Waals surface area contributed by atoms with E-state index in [4.69, 9.17) is 12.3 Å². The molecule has 3 aliphatic rings. The maximum absolute atomic E-state index is 10.1. The molecule has 8 aromatic carbocycles. The van der Waals surface area contributed by atoms with Crippen LogP contribution in [0.4, 0.5) is 17.1 Å². The number of fused-ring (bicyclic) bond motifs is 13. The molecule has 0 saturated carbocycles. The smallest absolute Gasteiger partial charge is 0.0726 e. The first-order valence-corrected chi connectivity index (χ1v) is 17.4. The molecule has 0 unspecified atom stereocenters. The van der Waals surface area contributed by atoms with Crippen molar-refractivity contribution in [1.29, 1.82) is 0 Å². The minimum absolute atomic E-state index is 0.00544. The topological polar surface area (TPSA) is 3.24 Å². The van der Waals surface area contributed by atoms with Crippen molar-refractivity contribution in [2.24, 2.45) is 0 Å². The van der Waals surface area contributed by atoms with Gasteiger partial charge in [-0.25, -0.2) is 0 Å². The van der Waals surface area contributed by atoms with Crippen molar-refractivity contribution in [3.8, 4) is 44.5 Å². The van der Waals surface area contributed by atoms with E-state index in [0.29, 0.717) is 0 Å². The average Bonchev–Trinajstić information content (AvgIpc) is 3.91. The molecule has 8 aromatic rings. The summed E-state index contributed by atoms with van der Waals surface area (Å²) < 4.78 is 145. The Labute approximate surface area is 334 Å². The third kappa shape index (κ3) is 4.08. The summed E-state index contributed by atoms with van der Waals surface area (Å²) in [7, 11) is 0. The minimum atomic E-state index is -1.36. The van der Waals surface area contributed by atoms with Gasteiger partial charge >= 0.3 is 0 Å². The van der Waals surface area contributed by atoms with Gasteiger partial charge in [0.15, 0.2) is 0 Å². The monoisotopic (exact) mass is 691 g/mol. The van der Waals surface area contributed by atoms with Crippen molar-refractivity contribution in [2.45, 2.75) is 24.7 Å². The number of rotatable bonds is 4. The number of hydrogen-bond acceptors (Lipinski definition) is 1. The SMILES string of the molecule is [2H]c1c([2H])c([2H])c(-c2c([2H])c([2H])c(N(c3ccc4c(c3)C3(c5ccccc5-c5ccccc53)c3ccccc3-4)c3c([2H])c([2H])c4c(c3[2H])C(C)(C)c3c([2H])c([2H])c([2H])c([2H])c3-4)c([2H])c2[2H])c([2H])c1[2H]. The molecular weight excluding hydrogens is 639 g/mol. The van der Waals surface area contributed by atoms with Gasteiger partial charge in [0.2, 0.25) is 0 Å². The van der Waals surface area contributed by atoms with Gasteiger partial charge in [-0.1, -0.05) is 165 Å². The van der Waals surface area contributed by atoms with Gasteiger partial charge in [0, 0.05) is 22.5 Å². The highest BCUT2D eigenvalue weighted by Gasteiger charge is 2.51. The maximum Gasteiger partial charge on any atom is 0.0726 e. The fourth-order valence-corrected chi connectivity index (χ4v) is 8.77. The molecule has 1 nitrogen and oxygen atoms in total.